The first-order valence-corrected chi connectivity index (χ1v) is 6.46. The van der Waals surface area contributed by atoms with Crippen molar-refractivity contribution in [2.24, 2.45) is 5.73 Å². The maximum atomic E-state index is 12.0. The fourth-order valence-corrected chi connectivity index (χ4v) is 2.10. The van der Waals surface area contributed by atoms with E-state index in [0.29, 0.717) is 5.69 Å². The predicted molar refractivity (Wildman–Crippen MR) is 78.5 cm³/mol. The van der Waals surface area contributed by atoms with E-state index in [1.54, 1.807) is 6.20 Å². The van der Waals surface area contributed by atoms with Gasteiger partial charge in [-0.15, -0.1) is 0 Å². The summed E-state index contributed by atoms with van der Waals surface area (Å²) in [6.45, 7) is 1.92. The quantitative estimate of drug-likeness (QED) is 0.667. The monoisotopic (exact) mass is 287 g/mol. The summed E-state index contributed by atoms with van der Waals surface area (Å²) in [5.74, 6) is -0.238. The van der Waals surface area contributed by atoms with Crippen molar-refractivity contribution in [3.63, 3.8) is 0 Å². The number of nitrogens with one attached hydrogen (secondary N) is 3. The number of amides is 3. The molecule has 0 aliphatic heterocycles. The Bertz CT molecular complexity index is 624. The standard InChI is InChI=1S/C14H17N5O2/c1-9-4-2-3-5-11(9)12(19-14(15)21)6-13(20)18-10-7-16-17-8-10/h2-5,7-8,12H,6H2,1H3,(H,16,17)(H,18,20)(H3,15,19,21)/t12-/m0/s1. The maximum Gasteiger partial charge on any atom is 0.312 e. The van der Waals surface area contributed by atoms with Gasteiger partial charge in [0.25, 0.3) is 0 Å². The zero-order valence-corrected chi connectivity index (χ0v) is 11.6. The Labute approximate surface area is 121 Å². The van der Waals surface area contributed by atoms with Gasteiger partial charge in [0.1, 0.15) is 0 Å². The highest BCUT2D eigenvalue weighted by Crippen LogP contribution is 2.21. The van der Waals surface area contributed by atoms with E-state index in [9.17, 15) is 9.59 Å². The van der Waals surface area contributed by atoms with Gasteiger partial charge in [-0.2, -0.15) is 5.10 Å². The van der Waals surface area contributed by atoms with Crippen LogP contribution >= 0.6 is 0 Å². The molecule has 0 aliphatic rings. The normalized spacial score (nSPS) is 11.7. The molecule has 0 bridgehead atoms. The number of hydrogen-bond acceptors (Lipinski definition) is 3. The number of carbonyl (C=O) groups is 2. The minimum absolute atomic E-state index is 0.0823. The first-order valence-electron chi connectivity index (χ1n) is 6.46. The Morgan fingerprint density at radius 2 is 2.14 bits per heavy atom. The SMILES string of the molecule is Cc1ccccc1[C@H](CC(=O)Nc1cn[nH]c1)NC(N)=O. The van der Waals surface area contributed by atoms with Crippen LogP contribution in [0.2, 0.25) is 0 Å². The van der Waals surface area contributed by atoms with Crippen LogP contribution in [0.1, 0.15) is 23.6 Å². The third kappa shape index (κ3) is 4.07. The number of aromatic nitrogens is 2. The summed E-state index contributed by atoms with van der Waals surface area (Å²) in [6, 6.07) is 6.38. The van der Waals surface area contributed by atoms with Gasteiger partial charge in [0.2, 0.25) is 5.91 Å². The summed E-state index contributed by atoms with van der Waals surface area (Å²) in [4.78, 5) is 23.2. The third-order valence-corrected chi connectivity index (χ3v) is 3.05. The largest absolute Gasteiger partial charge is 0.352 e. The lowest BCUT2D eigenvalue weighted by Gasteiger charge is -2.19. The number of urea groups is 1. The minimum Gasteiger partial charge on any atom is -0.352 e. The molecule has 21 heavy (non-hydrogen) atoms. The Hall–Kier alpha value is -2.83. The smallest absolute Gasteiger partial charge is 0.312 e. The second kappa shape index (κ2) is 6.56. The molecule has 7 nitrogen and oxygen atoms in total. The summed E-state index contributed by atoms with van der Waals surface area (Å²) in [7, 11) is 0. The topological polar surface area (TPSA) is 113 Å². The average molecular weight is 287 g/mol. The first kappa shape index (κ1) is 14.6. The molecule has 3 amide bonds. The zero-order valence-electron chi connectivity index (χ0n) is 11.6. The van der Waals surface area contributed by atoms with Crippen molar-refractivity contribution in [3.05, 3.63) is 47.8 Å². The number of hydrogen-bond donors (Lipinski definition) is 4. The van der Waals surface area contributed by atoms with Gasteiger partial charge >= 0.3 is 6.03 Å². The third-order valence-electron chi connectivity index (χ3n) is 3.05. The molecule has 0 unspecified atom stereocenters. The van der Waals surface area contributed by atoms with Gasteiger partial charge in [-0.1, -0.05) is 24.3 Å². The molecule has 0 fully saturated rings. The number of benzene rings is 1. The van der Waals surface area contributed by atoms with Crippen LogP contribution in [-0.2, 0) is 4.79 Å². The van der Waals surface area contributed by atoms with Gasteiger partial charge in [0, 0.05) is 6.20 Å². The molecule has 1 heterocycles. The molecule has 0 saturated carbocycles. The van der Waals surface area contributed by atoms with Crippen LogP contribution in [-0.4, -0.2) is 22.1 Å². The molecule has 0 radical (unpaired) electrons. The Balaban J connectivity index is 2.11. The van der Waals surface area contributed by atoms with E-state index >= 15 is 0 Å². The van der Waals surface area contributed by atoms with Crippen LogP contribution < -0.4 is 16.4 Å². The molecule has 2 rings (SSSR count). The Kier molecular flexibility index (Phi) is 4.55. The molecule has 1 aromatic heterocycles. The molecule has 110 valence electrons. The second-order valence-electron chi connectivity index (χ2n) is 4.66. The highest BCUT2D eigenvalue weighted by Gasteiger charge is 2.19. The van der Waals surface area contributed by atoms with Crippen molar-refractivity contribution in [2.45, 2.75) is 19.4 Å². The highest BCUT2D eigenvalue weighted by molar-refractivity contribution is 5.91. The van der Waals surface area contributed by atoms with Crippen LogP contribution in [0.15, 0.2) is 36.7 Å². The summed E-state index contributed by atoms with van der Waals surface area (Å²) >= 11 is 0. The van der Waals surface area contributed by atoms with E-state index in [1.165, 1.54) is 6.20 Å². The van der Waals surface area contributed by atoms with Crippen molar-refractivity contribution < 1.29 is 9.59 Å². The van der Waals surface area contributed by atoms with Crippen LogP contribution in [0.3, 0.4) is 0 Å². The molecular formula is C14H17N5O2. The van der Waals surface area contributed by atoms with Crippen molar-refractivity contribution >= 4 is 17.6 Å². The van der Waals surface area contributed by atoms with E-state index in [0.717, 1.165) is 11.1 Å². The lowest BCUT2D eigenvalue weighted by molar-refractivity contribution is -0.116. The van der Waals surface area contributed by atoms with E-state index in [-0.39, 0.29) is 12.3 Å². The van der Waals surface area contributed by atoms with Gasteiger partial charge in [0.15, 0.2) is 0 Å². The number of carbonyl (C=O) groups excluding carboxylic acids is 2. The molecule has 1 atom stereocenters. The van der Waals surface area contributed by atoms with Gasteiger partial charge in [-0.3, -0.25) is 9.89 Å². The van der Waals surface area contributed by atoms with Crippen LogP contribution in [0, 0.1) is 6.92 Å². The van der Waals surface area contributed by atoms with E-state index in [2.05, 4.69) is 20.8 Å². The minimum atomic E-state index is -0.667. The fraction of sp³-hybridized carbons (Fsp3) is 0.214. The Morgan fingerprint density at radius 1 is 1.38 bits per heavy atom. The van der Waals surface area contributed by atoms with E-state index < -0.39 is 12.1 Å². The molecule has 0 spiro atoms. The molecule has 0 aliphatic carbocycles. The predicted octanol–water partition coefficient (Wildman–Crippen LogP) is 1.46. The molecule has 5 N–H and O–H groups in total. The molecular weight excluding hydrogens is 270 g/mol. The number of anilines is 1. The fourth-order valence-electron chi connectivity index (χ4n) is 2.10. The number of aromatic amines is 1. The van der Waals surface area contributed by atoms with Crippen LogP contribution in [0.4, 0.5) is 10.5 Å². The average Bonchev–Trinajstić information content (AvgIpc) is 2.90. The van der Waals surface area contributed by atoms with Gasteiger partial charge in [-0.25, -0.2) is 4.79 Å². The first-order chi connectivity index (χ1) is 10.1. The van der Waals surface area contributed by atoms with Gasteiger partial charge < -0.3 is 16.4 Å². The summed E-state index contributed by atoms with van der Waals surface area (Å²) < 4.78 is 0. The van der Waals surface area contributed by atoms with Crippen LogP contribution in [0.5, 0.6) is 0 Å². The van der Waals surface area contributed by atoms with Crippen molar-refractivity contribution in [2.75, 3.05) is 5.32 Å². The van der Waals surface area contributed by atoms with Crippen molar-refractivity contribution in [1.82, 2.24) is 15.5 Å². The van der Waals surface area contributed by atoms with Gasteiger partial charge in [-0.05, 0) is 18.1 Å². The number of nitrogens with two attached hydrogens (primary N) is 1. The summed E-state index contributed by atoms with van der Waals surface area (Å²) in [5.41, 5.74) is 7.61. The molecule has 2 aromatic rings. The second-order valence-corrected chi connectivity index (χ2v) is 4.66. The molecule has 1 aromatic carbocycles. The van der Waals surface area contributed by atoms with Gasteiger partial charge in [0.05, 0.1) is 24.3 Å². The summed E-state index contributed by atoms with van der Waals surface area (Å²) in [5, 5.41) is 11.6. The number of aryl methyl sites for hydroxylation is 1. The highest BCUT2D eigenvalue weighted by atomic mass is 16.2. The van der Waals surface area contributed by atoms with Crippen LogP contribution in [0.25, 0.3) is 0 Å². The Morgan fingerprint density at radius 3 is 2.76 bits per heavy atom. The molecule has 0 saturated heterocycles. The summed E-state index contributed by atoms with van der Waals surface area (Å²) in [6.07, 6.45) is 3.16. The lowest BCUT2D eigenvalue weighted by Crippen LogP contribution is -2.35. The lowest BCUT2D eigenvalue weighted by atomic mass is 9.98. The number of H-pyrrole nitrogens is 1. The van der Waals surface area contributed by atoms with E-state index in [1.807, 2.05) is 31.2 Å². The number of rotatable bonds is 5. The zero-order chi connectivity index (χ0) is 15.2. The van der Waals surface area contributed by atoms with E-state index in [4.69, 9.17) is 5.73 Å². The van der Waals surface area contributed by atoms with Crippen molar-refractivity contribution in [1.29, 1.82) is 0 Å². The van der Waals surface area contributed by atoms with Crippen molar-refractivity contribution in [3.8, 4) is 0 Å². The molecule has 7 heteroatoms. The maximum absolute atomic E-state index is 12.0. The number of nitrogens with zero attached hydrogens (tertiary/aromatic N) is 1. The number of primary amides is 1.